The fourth-order valence-corrected chi connectivity index (χ4v) is 2.71. The van der Waals surface area contributed by atoms with Crippen LogP contribution in [0.15, 0.2) is 41.8 Å². The molecule has 0 saturated heterocycles. The minimum Gasteiger partial charge on any atom is -0.494 e. The van der Waals surface area contributed by atoms with Crippen LogP contribution in [0.3, 0.4) is 0 Å². The lowest BCUT2D eigenvalue weighted by molar-refractivity contribution is 0.260. The second-order valence-electron chi connectivity index (χ2n) is 4.66. The highest BCUT2D eigenvalue weighted by atomic mass is 32.1. The van der Waals surface area contributed by atoms with E-state index in [-0.39, 0.29) is 0 Å². The zero-order chi connectivity index (χ0) is 14.2. The third-order valence-corrected chi connectivity index (χ3v) is 3.78. The molecule has 4 heteroatoms. The summed E-state index contributed by atoms with van der Waals surface area (Å²) < 4.78 is 5.66. The molecule has 3 nitrogen and oxygen atoms in total. The van der Waals surface area contributed by atoms with Gasteiger partial charge in [-0.1, -0.05) is 12.1 Å². The van der Waals surface area contributed by atoms with Gasteiger partial charge < -0.3 is 9.64 Å². The Kier molecular flexibility index (Phi) is 5.60. The molecule has 0 atom stereocenters. The van der Waals surface area contributed by atoms with Crippen LogP contribution in [0.2, 0.25) is 0 Å². The lowest BCUT2D eigenvalue weighted by Crippen LogP contribution is -2.20. The largest absolute Gasteiger partial charge is 0.494 e. The molecule has 0 saturated carbocycles. The first kappa shape index (κ1) is 14.6. The Labute approximate surface area is 124 Å². The van der Waals surface area contributed by atoms with Gasteiger partial charge in [-0.25, -0.2) is 0 Å². The van der Waals surface area contributed by atoms with Crippen LogP contribution in [0.25, 0.3) is 0 Å². The summed E-state index contributed by atoms with van der Waals surface area (Å²) in [4.78, 5) is 3.68. The average Bonchev–Trinajstić information content (AvgIpc) is 2.97. The second-order valence-corrected chi connectivity index (χ2v) is 5.69. The third-order valence-electron chi connectivity index (χ3n) is 2.92. The zero-order valence-electron chi connectivity index (χ0n) is 11.6. The van der Waals surface area contributed by atoms with E-state index in [1.165, 1.54) is 4.88 Å². The number of rotatable bonds is 7. The summed E-state index contributed by atoms with van der Waals surface area (Å²) in [5.74, 6) is 0.768. The monoisotopic (exact) mass is 286 g/mol. The highest BCUT2D eigenvalue weighted by Crippen LogP contribution is 2.13. The fourth-order valence-electron chi connectivity index (χ4n) is 1.93. The van der Waals surface area contributed by atoms with E-state index < -0.39 is 0 Å². The minimum atomic E-state index is 0.636. The van der Waals surface area contributed by atoms with Gasteiger partial charge >= 0.3 is 0 Å². The van der Waals surface area contributed by atoms with E-state index in [2.05, 4.69) is 35.5 Å². The molecule has 0 bridgehead atoms. The molecule has 0 amide bonds. The molecular formula is C16H18N2OS. The van der Waals surface area contributed by atoms with Crippen LogP contribution in [-0.2, 0) is 6.54 Å². The molecule has 0 aliphatic heterocycles. The molecule has 0 spiro atoms. The Bertz CT molecular complexity index is 560. The van der Waals surface area contributed by atoms with Crippen molar-refractivity contribution in [3.05, 3.63) is 52.2 Å². The molecule has 0 fully saturated rings. The Hall–Kier alpha value is -1.83. The van der Waals surface area contributed by atoms with Crippen molar-refractivity contribution in [3.63, 3.8) is 0 Å². The van der Waals surface area contributed by atoms with E-state index in [1.807, 2.05) is 12.1 Å². The van der Waals surface area contributed by atoms with Gasteiger partial charge in [0.15, 0.2) is 0 Å². The Morgan fingerprint density at radius 3 is 2.95 bits per heavy atom. The number of hydrogen-bond donors (Lipinski definition) is 0. The first-order valence-corrected chi connectivity index (χ1v) is 7.50. The van der Waals surface area contributed by atoms with Crippen molar-refractivity contribution in [2.75, 3.05) is 20.2 Å². The first-order chi connectivity index (χ1) is 9.78. The van der Waals surface area contributed by atoms with Gasteiger partial charge in [0.25, 0.3) is 0 Å². The van der Waals surface area contributed by atoms with Gasteiger partial charge in [0, 0.05) is 18.0 Å². The maximum Gasteiger partial charge on any atom is 0.120 e. The van der Waals surface area contributed by atoms with Gasteiger partial charge in [0.2, 0.25) is 0 Å². The van der Waals surface area contributed by atoms with E-state index in [9.17, 15) is 0 Å². The summed E-state index contributed by atoms with van der Waals surface area (Å²) in [5.41, 5.74) is 0.636. The summed E-state index contributed by atoms with van der Waals surface area (Å²) in [6, 6.07) is 13.6. The summed E-state index contributed by atoms with van der Waals surface area (Å²) in [6.45, 7) is 2.65. The van der Waals surface area contributed by atoms with E-state index >= 15 is 0 Å². The van der Waals surface area contributed by atoms with Crippen molar-refractivity contribution < 1.29 is 4.74 Å². The number of nitriles is 1. The smallest absolute Gasteiger partial charge is 0.120 e. The molecule has 1 heterocycles. The highest BCUT2D eigenvalue weighted by molar-refractivity contribution is 7.09. The van der Waals surface area contributed by atoms with Crippen LogP contribution in [-0.4, -0.2) is 25.1 Å². The van der Waals surface area contributed by atoms with Crippen molar-refractivity contribution >= 4 is 11.3 Å². The molecule has 104 valence electrons. The standard InChI is InChI=1S/C16H18N2OS/c1-18(13-16-7-3-10-20-16)8-4-9-19-15-6-2-5-14(11-15)12-17/h2-3,5-7,10-11H,4,8-9,13H2,1H3. The van der Waals surface area contributed by atoms with E-state index in [0.717, 1.165) is 25.3 Å². The number of ether oxygens (including phenoxy) is 1. The molecule has 20 heavy (non-hydrogen) atoms. The summed E-state index contributed by atoms with van der Waals surface area (Å²) in [7, 11) is 2.12. The molecule has 0 N–H and O–H groups in total. The molecule has 1 aromatic heterocycles. The topological polar surface area (TPSA) is 36.3 Å². The fraction of sp³-hybridized carbons (Fsp3) is 0.312. The summed E-state index contributed by atoms with van der Waals surface area (Å²) in [6.07, 6.45) is 0.971. The first-order valence-electron chi connectivity index (χ1n) is 6.62. The zero-order valence-corrected chi connectivity index (χ0v) is 12.4. The quantitative estimate of drug-likeness (QED) is 0.731. The lowest BCUT2D eigenvalue weighted by atomic mass is 10.2. The molecule has 0 aliphatic rings. The van der Waals surface area contributed by atoms with Gasteiger partial charge in [0.1, 0.15) is 5.75 Å². The molecule has 0 aliphatic carbocycles. The van der Waals surface area contributed by atoms with Gasteiger partial charge in [-0.3, -0.25) is 0 Å². The molecule has 2 aromatic rings. The SMILES string of the molecule is CN(CCCOc1cccc(C#N)c1)Cc1cccs1. The molecule has 0 unspecified atom stereocenters. The lowest BCUT2D eigenvalue weighted by Gasteiger charge is -2.15. The van der Waals surface area contributed by atoms with Crippen molar-refractivity contribution in [3.8, 4) is 11.8 Å². The minimum absolute atomic E-state index is 0.636. The van der Waals surface area contributed by atoms with Crippen LogP contribution in [0.1, 0.15) is 16.9 Å². The Balaban J connectivity index is 1.67. The Morgan fingerprint density at radius 2 is 2.20 bits per heavy atom. The predicted octanol–water partition coefficient (Wildman–Crippen LogP) is 3.52. The van der Waals surface area contributed by atoms with Crippen LogP contribution in [0.5, 0.6) is 5.75 Å². The van der Waals surface area contributed by atoms with Crippen molar-refractivity contribution in [1.29, 1.82) is 5.26 Å². The molecule has 1 aromatic carbocycles. The number of nitrogens with zero attached hydrogens (tertiary/aromatic N) is 2. The van der Waals surface area contributed by atoms with E-state index in [0.29, 0.717) is 12.2 Å². The van der Waals surface area contributed by atoms with Crippen molar-refractivity contribution in [1.82, 2.24) is 4.90 Å². The van der Waals surface area contributed by atoms with Gasteiger partial charge in [-0.15, -0.1) is 11.3 Å². The van der Waals surface area contributed by atoms with E-state index in [4.69, 9.17) is 10.00 Å². The maximum absolute atomic E-state index is 8.82. The van der Waals surface area contributed by atoms with Gasteiger partial charge in [-0.2, -0.15) is 5.26 Å². The number of thiophene rings is 1. The maximum atomic E-state index is 8.82. The summed E-state index contributed by atoms with van der Waals surface area (Å²) >= 11 is 1.79. The van der Waals surface area contributed by atoms with Crippen LogP contribution in [0.4, 0.5) is 0 Å². The summed E-state index contributed by atoms with van der Waals surface area (Å²) in [5, 5.41) is 10.9. The van der Waals surface area contributed by atoms with Crippen molar-refractivity contribution in [2.45, 2.75) is 13.0 Å². The molecule has 2 rings (SSSR count). The average molecular weight is 286 g/mol. The number of hydrogen-bond acceptors (Lipinski definition) is 4. The van der Waals surface area contributed by atoms with Crippen LogP contribution < -0.4 is 4.74 Å². The molecular weight excluding hydrogens is 268 g/mol. The van der Waals surface area contributed by atoms with E-state index in [1.54, 1.807) is 23.5 Å². The predicted molar refractivity (Wildman–Crippen MR) is 81.9 cm³/mol. The normalized spacial score (nSPS) is 10.4. The second kappa shape index (κ2) is 7.68. The number of benzene rings is 1. The van der Waals surface area contributed by atoms with Gasteiger partial charge in [0.05, 0.1) is 18.2 Å². The van der Waals surface area contributed by atoms with Gasteiger partial charge in [-0.05, 0) is 43.1 Å². The third kappa shape index (κ3) is 4.69. The molecule has 0 radical (unpaired) electrons. The van der Waals surface area contributed by atoms with Crippen LogP contribution in [0, 0.1) is 11.3 Å². The Morgan fingerprint density at radius 1 is 1.30 bits per heavy atom. The van der Waals surface area contributed by atoms with Crippen LogP contribution >= 0.6 is 11.3 Å². The highest BCUT2D eigenvalue weighted by Gasteiger charge is 2.01. The van der Waals surface area contributed by atoms with Crippen molar-refractivity contribution in [2.24, 2.45) is 0 Å².